The number of benzene rings is 2. The number of ether oxygens (including phenoxy) is 1. The fourth-order valence-electron chi connectivity index (χ4n) is 2.42. The van der Waals surface area contributed by atoms with Crippen LogP contribution in [0.2, 0.25) is 0 Å². The molecule has 0 atom stereocenters. The number of halogens is 1. The van der Waals surface area contributed by atoms with Crippen molar-refractivity contribution in [1.29, 1.82) is 0 Å². The van der Waals surface area contributed by atoms with Crippen LogP contribution in [0.5, 0.6) is 0 Å². The number of anilines is 1. The van der Waals surface area contributed by atoms with Crippen LogP contribution in [0, 0.1) is 5.82 Å². The van der Waals surface area contributed by atoms with Crippen LogP contribution in [-0.4, -0.2) is 35.9 Å². The van der Waals surface area contributed by atoms with E-state index >= 15 is 0 Å². The van der Waals surface area contributed by atoms with Crippen molar-refractivity contribution < 1.29 is 23.5 Å². The molecule has 2 amide bonds. The van der Waals surface area contributed by atoms with Gasteiger partial charge in [-0.15, -0.1) is 11.3 Å². The van der Waals surface area contributed by atoms with Gasteiger partial charge in [-0.1, -0.05) is 12.1 Å². The first-order chi connectivity index (χ1) is 14.0. The van der Waals surface area contributed by atoms with Gasteiger partial charge >= 0.3 is 5.97 Å². The molecule has 3 rings (SSSR count). The highest BCUT2D eigenvalue weighted by atomic mass is 32.1. The molecule has 150 valence electrons. The maximum atomic E-state index is 12.8. The third kappa shape index (κ3) is 6.35. The molecule has 0 unspecified atom stereocenters. The molecule has 7 nitrogen and oxygen atoms in total. The van der Waals surface area contributed by atoms with E-state index in [1.807, 2.05) is 24.3 Å². The summed E-state index contributed by atoms with van der Waals surface area (Å²) < 4.78 is 18.8. The summed E-state index contributed by atoms with van der Waals surface area (Å²) in [7, 11) is 0. The quantitative estimate of drug-likeness (QED) is 0.552. The number of aryl methyl sites for hydroxylation is 1. The zero-order chi connectivity index (χ0) is 20.6. The molecule has 0 aliphatic rings. The number of fused-ring (bicyclic) bond motifs is 1. The highest BCUT2D eigenvalue weighted by Gasteiger charge is 2.11. The van der Waals surface area contributed by atoms with Gasteiger partial charge in [-0.3, -0.25) is 14.4 Å². The molecule has 2 aromatic carbocycles. The van der Waals surface area contributed by atoms with Crippen molar-refractivity contribution in [3.8, 4) is 0 Å². The molecule has 0 aliphatic heterocycles. The van der Waals surface area contributed by atoms with E-state index in [0.717, 1.165) is 15.2 Å². The molecule has 9 heteroatoms. The Hall–Kier alpha value is -3.33. The average molecular weight is 415 g/mol. The summed E-state index contributed by atoms with van der Waals surface area (Å²) in [5.41, 5.74) is 1.30. The average Bonchev–Trinajstić information content (AvgIpc) is 3.14. The highest BCUT2D eigenvalue weighted by molar-refractivity contribution is 7.18. The summed E-state index contributed by atoms with van der Waals surface area (Å²) in [5.74, 6) is -2.00. The van der Waals surface area contributed by atoms with Crippen molar-refractivity contribution in [2.75, 3.05) is 18.5 Å². The maximum absolute atomic E-state index is 12.8. The number of nitrogens with zero attached hydrogens (tertiary/aromatic N) is 1. The minimum atomic E-state index is -0.590. The topological polar surface area (TPSA) is 97.4 Å². The minimum absolute atomic E-state index is 0.109. The van der Waals surface area contributed by atoms with Crippen molar-refractivity contribution in [1.82, 2.24) is 10.3 Å². The van der Waals surface area contributed by atoms with E-state index in [-0.39, 0.29) is 13.0 Å². The Balaban J connectivity index is 1.33. The molecule has 1 heterocycles. The van der Waals surface area contributed by atoms with Crippen LogP contribution >= 0.6 is 11.3 Å². The van der Waals surface area contributed by atoms with Gasteiger partial charge in [0.25, 0.3) is 5.91 Å². The van der Waals surface area contributed by atoms with Gasteiger partial charge in [0, 0.05) is 12.1 Å². The number of hydrogen-bond acceptors (Lipinski definition) is 6. The van der Waals surface area contributed by atoms with Gasteiger partial charge in [0.1, 0.15) is 5.82 Å². The van der Waals surface area contributed by atoms with Gasteiger partial charge in [0.05, 0.1) is 28.2 Å². The molecule has 0 fully saturated rings. The summed E-state index contributed by atoms with van der Waals surface area (Å²) >= 11 is 1.51. The highest BCUT2D eigenvalue weighted by Crippen LogP contribution is 2.22. The van der Waals surface area contributed by atoms with Gasteiger partial charge < -0.3 is 15.4 Å². The zero-order valence-corrected chi connectivity index (χ0v) is 16.1. The van der Waals surface area contributed by atoms with Crippen LogP contribution in [0.1, 0.15) is 11.4 Å². The van der Waals surface area contributed by atoms with Crippen LogP contribution < -0.4 is 10.6 Å². The standard InChI is InChI=1S/C20H18FN3O4S/c21-13-5-7-14(8-6-13)23-17(25)11-22-18(26)12-28-20(27)10-9-19-24-15-3-1-2-4-16(15)29-19/h1-8H,9-12H2,(H,22,26)(H,23,25). The monoisotopic (exact) mass is 415 g/mol. The van der Waals surface area contributed by atoms with Crippen molar-refractivity contribution in [2.24, 2.45) is 0 Å². The predicted molar refractivity (Wildman–Crippen MR) is 107 cm³/mol. The lowest BCUT2D eigenvalue weighted by Gasteiger charge is -2.07. The Morgan fingerprint density at radius 1 is 1.03 bits per heavy atom. The number of esters is 1. The Morgan fingerprint density at radius 3 is 2.55 bits per heavy atom. The third-order valence-corrected chi connectivity index (χ3v) is 4.92. The molecule has 0 saturated heterocycles. The van der Waals surface area contributed by atoms with E-state index < -0.39 is 30.2 Å². The summed E-state index contributed by atoms with van der Waals surface area (Å²) in [6.07, 6.45) is 0.540. The molecule has 0 aliphatic carbocycles. The van der Waals surface area contributed by atoms with E-state index in [1.54, 1.807) is 0 Å². The van der Waals surface area contributed by atoms with Crippen molar-refractivity contribution in [3.63, 3.8) is 0 Å². The molecule has 0 saturated carbocycles. The summed E-state index contributed by atoms with van der Waals surface area (Å²) in [5, 5.41) is 5.68. The fourth-order valence-corrected chi connectivity index (χ4v) is 3.39. The zero-order valence-electron chi connectivity index (χ0n) is 15.3. The van der Waals surface area contributed by atoms with E-state index in [2.05, 4.69) is 15.6 Å². The van der Waals surface area contributed by atoms with Crippen molar-refractivity contribution in [2.45, 2.75) is 12.8 Å². The van der Waals surface area contributed by atoms with Crippen LogP contribution in [-0.2, 0) is 25.5 Å². The molecule has 29 heavy (non-hydrogen) atoms. The van der Waals surface area contributed by atoms with Crippen molar-refractivity contribution >= 4 is 45.0 Å². The number of amides is 2. The first kappa shape index (κ1) is 20.4. The van der Waals surface area contributed by atoms with Crippen molar-refractivity contribution in [3.05, 3.63) is 59.4 Å². The van der Waals surface area contributed by atoms with E-state index in [0.29, 0.717) is 12.1 Å². The third-order valence-electron chi connectivity index (χ3n) is 3.82. The number of aromatic nitrogens is 1. The molecule has 0 spiro atoms. The van der Waals surface area contributed by atoms with Gasteiger partial charge in [0.15, 0.2) is 6.61 Å². The minimum Gasteiger partial charge on any atom is -0.456 e. The number of para-hydroxylation sites is 1. The van der Waals surface area contributed by atoms with Crippen LogP contribution in [0.15, 0.2) is 48.5 Å². The van der Waals surface area contributed by atoms with Crippen LogP contribution in [0.25, 0.3) is 10.2 Å². The molecule has 2 N–H and O–H groups in total. The summed E-state index contributed by atoms with van der Waals surface area (Å²) in [6, 6.07) is 12.9. The summed E-state index contributed by atoms with van der Waals surface area (Å²) in [4.78, 5) is 39.7. The second-order valence-corrected chi connectivity index (χ2v) is 7.18. The lowest BCUT2D eigenvalue weighted by atomic mass is 10.3. The molecular weight excluding hydrogens is 397 g/mol. The lowest BCUT2D eigenvalue weighted by Crippen LogP contribution is -2.35. The Labute approximate surface area is 169 Å². The van der Waals surface area contributed by atoms with Gasteiger partial charge in [-0.05, 0) is 36.4 Å². The van der Waals surface area contributed by atoms with Gasteiger partial charge in [-0.2, -0.15) is 0 Å². The molecular formula is C20H18FN3O4S. The largest absolute Gasteiger partial charge is 0.456 e. The van der Waals surface area contributed by atoms with Crippen LogP contribution in [0.4, 0.5) is 10.1 Å². The van der Waals surface area contributed by atoms with Gasteiger partial charge in [0.2, 0.25) is 5.91 Å². The van der Waals surface area contributed by atoms with E-state index in [4.69, 9.17) is 4.74 Å². The predicted octanol–water partition coefficient (Wildman–Crippen LogP) is 2.67. The smallest absolute Gasteiger partial charge is 0.306 e. The number of nitrogens with one attached hydrogen (secondary N) is 2. The molecule has 1 aromatic heterocycles. The Morgan fingerprint density at radius 2 is 1.79 bits per heavy atom. The number of carbonyl (C=O) groups excluding carboxylic acids is 3. The lowest BCUT2D eigenvalue weighted by molar-refractivity contribution is -0.148. The number of hydrogen-bond donors (Lipinski definition) is 2. The SMILES string of the molecule is O=C(COC(=O)CCc1nc2ccccc2s1)NCC(=O)Nc1ccc(F)cc1. The first-order valence-corrected chi connectivity index (χ1v) is 9.63. The number of thiazole rings is 1. The first-order valence-electron chi connectivity index (χ1n) is 8.82. The Kier molecular flexibility index (Phi) is 6.85. The second-order valence-electron chi connectivity index (χ2n) is 6.07. The van der Waals surface area contributed by atoms with E-state index in [1.165, 1.54) is 35.6 Å². The normalized spacial score (nSPS) is 10.5. The maximum Gasteiger partial charge on any atom is 0.306 e. The molecule has 3 aromatic rings. The second kappa shape index (κ2) is 9.74. The molecule has 0 radical (unpaired) electrons. The van der Waals surface area contributed by atoms with E-state index in [9.17, 15) is 18.8 Å². The number of carbonyl (C=O) groups is 3. The fraction of sp³-hybridized carbons (Fsp3) is 0.200. The molecule has 0 bridgehead atoms. The summed E-state index contributed by atoms with van der Waals surface area (Å²) in [6.45, 7) is -0.762. The van der Waals surface area contributed by atoms with Crippen LogP contribution in [0.3, 0.4) is 0 Å². The van der Waals surface area contributed by atoms with Gasteiger partial charge in [-0.25, -0.2) is 9.37 Å². The number of rotatable bonds is 8. The Bertz CT molecular complexity index is 987.